The van der Waals surface area contributed by atoms with E-state index in [9.17, 15) is 4.79 Å². The van der Waals surface area contributed by atoms with Crippen molar-refractivity contribution in [1.82, 2.24) is 5.32 Å². The Bertz CT molecular complexity index is 610. The lowest BCUT2D eigenvalue weighted by atomic mass is 10.1. The van der Waals surface area contributed by atoms with Crippen LogP contribution in [0.3, 0.4) is 0 Å². The third kappa shape index (κ3) is 4.60. The van der Waals surface area contributed by atoms with Gasteiger partial charge in [0.1, 0.15) is 5.75 Å². The highest BCUT2D eigenvalue weighted by atomic mass is 79.9. The standard InChI is InChI=1S/C17H18BrNO2/c1-12-5-3-4-6-14(12)11-19-17(20)13(2)21-16-9-7-15(18)8-10-16/h3-10,13H,11H2,1-2H3,(H,19,20)/t13-/m0/s1. The molecule has 110 valence electrons. The van der Waals surface area contributed by atoms with Gasteiger partial charge in [-0.05, 0) is 49.2 Å². The summed E-state index contributed by atoms with van der Waals surface area (Å²) in [6.45, 7) is 4.29. The molecule has 0 aliphatic rings. The summed E-state index contributed by atoms with van der Waals surface area (Å²) >= 11 is 3.36. The van der Waals surface area contributed by atoms with Crippen molar-refractivity contribution in [2.45, 2.75) is 26.5 Å². The van der Waals surface area contributed by atoms with Gasteiger partial charge < -0.3 is 10.1 Å². The van der Waals surface area contributed by atoms with Gasteiger partial charge in [0.25, 0.3) is 5.91 Å². The van der Waals surface area contributed by atoms with Gasteiger partial charge in [-0.25, -0.2) is 0 Å². The van der Waals surface area contributed by atoms with E-state index in [1.165, 1.54) is 5.56 Å². The van der Waals surface area contributed by atoms with Crippen molar-refractivity contribution in [2.24, 2.45) is 0 Å². The van der Waals surface area contributed by atoms with Crippen LogP contribution in [0, 0.1) is 6.92 Å². The molecule has 1 N–H and O–H groups in total. The summed E-state index contributed by atoms with van der Waals surface area (Å²) in [6.07, 6.45) is -0.532. The van der Waals surface area contributed by atoms with E-state index >= 15 is 0 Å². The maximum atomic E-state index is 12.1. The maximum absolute atomic E-state index is 12.1. The number of carbonyl (C=O) groups excluding carboxylic acids is 1. The monoisotopic (exact) mass is 347 g/mol. The molecule has 0 aliphatic heterocycles. The van der Waals surface area contributed by atoms with E-state index < -0.39 is 6.10 Å². The third-order valence-corrected chi connectivity index (χ3v) is 3.74. The molecule has 0 saturated heterocycles. The normalized spacial score (nSPS) is 11.8. The maximum Gasteiger partial charge on any atom is 0.261 e. The molecule has 0 radical (unpaired) electrons. The van der Waals surface area contributed by atoms with Crippen LogP contribution in [0.1, 0.15) is 18.1 Å². The number of ether oxygens (including phenoxy) is 1. The smallest absolute Gasteiger partial charge is 0.261 e. The zero-order valence-electron chi connectivity index (χ0n) is 12.1. The fourth-order valence-electron chi connectivity index (χ4n) is 1.91. The van der Waals surface area contributed by atoms with Gasteiger partial charge >= 0.3 is 0 Å². The average molecular weight is 348 g/mol. The van der Waals surface area contributed by atoms with Gasteiger partial charge in [-0.15, -0.1) is 0 Å². The highest BCUT2D eigenvalue weighted by molar-refractivity contribution is 9.10. The summed E-state index contributed by atoms with van der Waals surface area (Å²) in [6, 6.07) is 15.4. The number of amides is 1. The average Bonchev–Trinajstić information content (AvgIpc) is 2.48. The van der Waals surface area contributed by atoms with Gasteiger partial charge in [0.15, 0.2) is 6.10 Å². The molecular formula is C17H18BrNO2. The minimum absolute atomic E-state index is 0.124. The first kappa shape index (κ1) is 15.6. The second-order valence-electron chi connectivity index (χ2n) is 4.86. The van der Waals surface area contributed by atoms with Crippen LogP contribution in [0.25, 0.3) is 0 Å². The summed E-state index contributed by atoms with van der Waals surface area (Å²) in [7, 11) is 0. The topological polar surface area (TPSA) is 38.3 Å². The molecule has 0 aromatic heterocycles. The first-order chi connectivity index (χ1) is 10.1. The SMILES string of the molecule is Cc1ccccc1CNC(=O)[C@H](C)Oc1ccc(Br)cc1. The molecular weight excluding hydrogens is 330 g/mol. The first-order valence-electron chi connectivity index (χ1n) is 6.80. The molecule has 0 fully saturated rings. The van der Waals surface area contributed by atoms with Gasteiger partial charge in [-0.2, -0.15) is 0 Å². The predicted octanol–water partition coefficient (Wildman–Crippen LogP) is 3.84. The van der Waals surface area contributed by atoms with Crippen molar-refractivity contribution in [3.63, 3.8) is 0 Å². The lowest BCUT2D eigenvalue weighted by Gasteiger charge is -2.15. The lowest BCUT2D eigenvalue weighted by molar-refractivity contribution is -0.127. The summed E-state index contributed by atoms with van der Waals surface area (Å²) in [5.74, 6) is 0.554. The zero-order valence-corrected chi connectivity index (χ0v) is 13.7. The van der Waals surface area contributed by atoms with Crippen LogP contribution in [0.4, 0.5) is 0 Å². The van der Waals surface area contributed by atoms with Crippen molar-refractivity contribution in [1.29, 1.82) is 0 Å². The van der Waals surface area contributed by atoms with Crippen LogP contribution in [-0.2, 0) is 11.3 Å². The largest absolute Gasteiger partial charge is 0.481 e. The molecule has 21 heavy (non-hydrogen) atoms. The van der Waals surface area contributed by atoms with Gasteiger partial charge in [-0.3, -0.25) is 4.79 Å². The number of halogens is 1. The Labute approximate surface area is 133 Å². The van der Waals surface area contributed by atoms with Crippen LogP contribution in [0.5, 0.6) is 5.75 Å². The Kier molecular flexibility index (Phi) is 5.39. The van der Waals surface area contributed by atoms with E-state index in [0.29, 0.717) is 12.3 Å². The molecule has 0 spiro atoms. The van der Waals surface area contributed by atoms with Crippen molar-refractivity contribution in [3.8, 4) is 5.75 Å². The van der Waals surface area contributed by atoms with Crippen LogP contribution in [0.2, 0.25) is 0 Å². The second kappa shape index (κ2) is 7.27. The van der Waals surface area contributed by atoms with Crippen LogP contribution in [0.15, 0.2) is 53.0 Å². The predicted molar refractivity (Wildman–Crippen MR) is 87.3 cm³/mol. The highest BCUT2D eigenvalue weighted by Gasteiger charge is 2.14. The Morgan fingerprint density at radius 1 is 1.19 bits per heavy atom. The molecule has 3 nitrogen and oxygen atoms in total. The van der Waals surface area contributed by atoms with Crippen LogP contribution >= 0.6 is 15.9 Å². The van der Waals surface area contributed by atoms with E-state index in [2.05, 4.69) is 21.2 Å². The summed E-state index contributed by atoms with van der Waals surface area (Å²) < 4.78 is 6.60. The van der Waals surface area contributed by atoms with Gasteiger partial charge in [-0.1, -0.05) is 40.2 Å². The van der Waals surface area contributed by atoms with Crippen molar-refractivity contribution < 1.29 is 9.53 Å². The summed E-state index contributed by atoms with van der Waals surface area (Å²) in [4.78, 5) is 12.1. The number of nitrogens with one attached hydrogen (secondary N) is 1. The fourth-order valence-corrected chi connectivity index (χ4v) is 2.17. The van der Waals surface area contributed by atoms with E-state index in [1.54, 1.807) is 6.92 Å². The van der Waals surface area contributed by atoms with E-state index in [4.69, 9.17) is 4.74 Å². The van der Waals surface area contributed by atoms with Crippen LogP contribution in [-0.4, -0.2) is 12.0 Å². The number of benzene rings is 2. The third-order valence-electron chi connectivity index (χ3n) is 3.21. The Morgan fingerprint density at radius 2 is 1.86 bits per heavy atom. The molecule has 0 bridgehead atoms. The fraction of sp³-hybridized carbons (Fsp3) is 0.235. The molecule has 2 aromatic carbocycles. The minimum atomic E-state index is -0.532. The summed E-state index contributed by atoms with van der Waals surface area (Å²) in [5, 5.41) is 2.90. The molecule has 2 aromatic rings. The second-order valence-corrected chi connectivity index (χ2v) is 5.77. The van der Waals surface area contributed by atoms with Crippen LogP contribution < -0.4 is 10.1 Å². The molecule has 1 atom stereocenters. The number of aryl methyl sites for hydroxylation is 1. The molecule has 0 aliphatic carbocycles. The number of hydrogen-bond acceptors (Lipinski definition) is 2. The molecule has 0 heterocycles. The van der Waals surface area contributed by atoms with E-state index in [0.717, 1.165) is 10.0 Å². The minimum Gasteiger partial charge on any atom is -0.481 e. The Morgan fingerprint density at radius 3 is 2.52 bits per heavy atom. The van der Waals surface area contributed by atoms with Gasteiger partial charge in [0.2, 0.25) is 0 Å². The number of rotatable bonds is 5. The molecule has 0 saturated carbocycles. The van der Waals surface area contributed by atoms with E-state index in [-0.39, 0.29) is 5.91 Å². The number of carbonyl (C=O) groups is 1. The Hall–Kier alpha value is -1.81. The molecule has 1 amide bonds. The summed E-state index contributed by atoms with van der Waals surface area (Å²) in [5.41, 5.74) is 2.28. The highest BCUT2D eigenvalue weighted by Crippen LogP contribution is 2.17. The first-order valence-corrected chi connectivity index (χ1v) is 7.60. The zero-order chi connectivity index (χ0) is 15.2. The van der Waals surface area contributed by atoms with Crippen molar-refractivity contribution >= 4 is 21.8 Å². The van der Waals surface area contributed by atoms with E-state index in [1.807, 2.05) is 55.5 Å². The van der Waals surface area contributed by atoms with Gasteiger partial charge in [0, 0.05) is 11.0 Å². The van der Waals surface area contributed by atoms with Crippen molar-refractivity contribution in [3.05, 3.63) is 64.1 Å². The quantitative estimate of drug-likeness (QED) is 0.892. The molecule has 4 heteroatoms. The number of hydrogen-bond donors (Lipinski definition) is 1. The lowest BCUT2D eigenvalue weighted by Crippen LogP contribution is -2.36. The van der Waals surface area contributed by atoms with Crippen molar-refractivity contribution in [2.75, 3.05) is 0 Å². The molecule has 2 rings (SSSR count). The Balaban J connectivity index is 1.88. The van der Waals surface area contributed by atoms with Gasteiger partial charge in [0.05, 0.1) is 0 Å². The molecule has 0 unspecified atom stereocenters.